The molecule has 0 saturated carbocycles. The zero-order chi connectivity index (χ0) is 16.2. The van der Waals surface area contributed by atoms with E-state index < -0.39 is 5.60 Å². The van der Waals surface area contributed by atoms with Crippen LogP contribution in [-0.4, -0.2) is 35.8 Å². The Labute approximate surface area is 131 Å². The number of para-hydroxylation sites is 1. The van der Waals surface area contributed by atoms with E-state index in [0.29, 0.717) is 24.4 Å². The minimum absolute atomic E-state index is 0.115. The van der Waals surface area contributed by atoms with Crippen molar-refractivity contribution in [2.24, 2.45) is 0 Å². The van der Waals surface area contributed by atoms with Gasteiger partial charge in [0.15, 0.2) is 0 Å². The highest BCUT2D eigenvalue weighted by Gasteiger charge is 2.28. The lowest BCUT2D eigenvalue weighted by molar-refractivity contribution is 0.00773. The van der Waals surface area contributed by atoms with Crippen molar-refractivity contribution < 1.29 is 14.3 Å². The Bertz CT molecular complexity index is 572. The van der Waals surface area contributed by atoms with Gasteiger partial charge in [0.2, 0.25) is 0 Å². The Morgan fingerprint density at radius 3 is 2.77 bits per heavy atom. The molecule has 1 aliphatic rings. The summed E-state index contributed by atoms with van der Waals surface area (Å²) in [7, 11) is 0. The first-order valence-electron chi connectivity index (χ1n) is 7.53. The number of carbonyl (C=O) groups excluding carboxylic acids is 1. The van der Waals surface area contributed by atoms with Crippen LogP contribution in [0.5, 0.6) is 5.75 Å². The molecule has 1 fully saturated rings. The van der Waals surface area contributed by atoms with Crippen LogP contribution in [0.15, 0.2) is 24.3 Å². The van der Waals surface area contributed by atoms with Gasteiger partial charge in [0.05, 0.1) is 12.1 Å². The van der Waals surface area contributed by atoms with E-state index in [0.717, 1.165) is 12.8 Å². The molecule has 1 unspecified atom stereocenters. The van der Waals surface area contributed by atoms with Crippen LogP contribution in [0.1, 0.15) is 39.2 Å². The summed E-state index contributed by atoms with van der Waals surface area (Å²) in [5.74, 6) is 0.570. The second kappa shape index (κ2) is 6.69. The van der Waals surface area contributed by atoms with Gasteiger partial charge >= 0.3 is 6.09 Å². The fourth-order valence-electron chi connectivity index (χ4n) is 2.37. The van der Waals surface area contributed by atoms with Gasteiger partial charge in [-0.3, -0.25) is 0 Å². The van der Waals surface area contributed by atoms with Crippen LogP contribution in [-0.2, 0) is 4.74 Å². The minimum Gasteiger partial charge on any atom is -0.487 e. The van der Waals surface area contributed by atoms with Crippen molar-refractivity contribution in [1.29, 1.82) is 5.26 Å². The molecule has 1 heterocycles. The van der Waals surface area contributed by atoms with Gasteiger partial charge in [0.25, 0.3) is 0 Å². The monoisotopic (exact) mass is 302 g/mol. The standard InChI is InChI=1S/C17H22N2O3/c1-17(2,3)22-16(20)19-10-6-8-14(12-19)21-15-9-5-4-7-13(15)11-18/h4-5,7,9,14H,6,8,10,12H2,1-3H3. The number of hydrogen-bond donors (Lipinski definition) is 0. The second-order valence-electron chi connectivity index (χ2n) is 6.42. The molecule has 1 aromatic rings. The molecule has 1 atom stereocenters. The van der Waals surface area contributed by atoms with Gasteiger partial charge < -0.3 is 14.4 Å². The largest absolute Gasteiger partial charge is 0.487 e. The maximum Gasteiger partial charge on any atom is 0.410 e. The maximum atomic E-state index is 12.1. The lowest BCUT2D eigenvalue weighted by Gasteiger charge is -2.34. The van der Waals surface area contributed by atoms with Crippen molar-refractivity contribution >= 4 is 6.09 Å². The molecule has 0 radical (unpaired) electrons. The number of benzene rings is 1. The van der Waals surface area contributed by atoms with E-state index in [-0.39, 0.29) is 12.2 Å². The molecule has 0 aromatic heterocycles. The van der Waals surface area contributed by atoms with Gasteiger partial charge in [-0.2, -0.15) is 5.26 Å². The molecule has 1 aliphatic heterocycles. The third-order valence-corrected chi connectivity index (χ3v) is 3.33. The van der Waals surface area contributed by atoms with Crippen LogP contribution in [0.3, 0.4) is 0 Å². The first kappa shape index (κ1) is 16.2. The van der Waals surface area contributed by atoms with Crippen LogP contribution >= 0.6 is 0 Å². The number of nitriles is 1. The summed E-state index contributed by atoms with van der Waals surface area (Å²) in [4.78, 5) is 13.8. The van der Waals surface area contributed by atoms with Crippen molar-refractivity contribution in [1.82, 2.24) is 4.90 Å². The van der Waals surface area contributed by atoms with Crippen LogP contribution in [0.25, 0.3) is 0 Å². The van der Waals surface area contributed by atoms with E-state index in [2.05, 4.69) is 6.07 Å². The van der Waals surface area contributed by atoms with Crippen molar-refractivity contribution in [3.05, 3.63) is 29.8 Å². The molecule has 0 aliphatic carbocycles. The molecule has 0 spiro atoms. The van der Waals surface area contributed by atoms with E-state index in [4.69, 9.17) is 14.7 Å². The molecule has 1 amide bonds. The third kappa shape index (κ3) is 4.39. The number of amides is 1. The van der Waals surface area contributed by atoms with Crippen LogP contribution in [0, 0.1) is 11.3 Å². The highest BCUT2D eigenvalue weighted by atomic mass is 16.6. The fourth-order valence-corrected chi connectivity index (χ4v) is 2.37. The minimum atomic E-state index is -0.502. The normalized spacial score (nSPS) is 18.5. The van der Waals surface area contributed by atoms with Crippen LogP contribution < -0.4 is 4.74 Å². The number of likely N-dealkylation sites (tertiary alicyclic amines) is 1. The Morgan fingerprint density at radius 2 is 2.09 bits per heavy atom. The van der Waals surface area contributed by atoms with Gasteiger partial charge in [-0.05, 0) is 45.7 Å². The average Bonchev–Trinajstić information content (AvgIpc) is 2.46. The molecule has 118 valence electrons. The van der Waals surface area contributed by atoms with Crippen LogP contribution in [0.2, 0.25) is 0 Å². The summed E-state index contributed by atoms with van der Waals surface area (Å²) in [6, 6.07) is 9.27. The molecule has 1 saturated heterocycles. The van der Waals surface area contributed by atoms with E-state index >= 15 is 0 Å². The molecule has 1 aromatic carbocycles. The first-order chi connectivity index (χ1) is 10.4. The lowest BCUT2D eigenvalue weighted by atomic mass is 10.1. The van der Waals surface area contributed by atoms with Crippen molar-refractivity contribution in [3.8, 4) is 11.8 Å². The predicted octanol–water partition coefficient (Wildman–Crippen LogP) is 3.34. The van der Waals surface area contributed by atoms with E-state index in [1.165, 1.54) is 0 Å². The van der Waals surface area contributed by atoms with Gasteiger partial charge in [0.1, 0.15) is 23.5 Å². The summed E-state index contributed by atoms with van der Waals surface area (Å²) in [6.07, 6.45) is 1.29. The molecule has 22 heavy (non-hydrogen) atoms. The zero-order valence-electron chi connectivity index (χ0n) is 13.3. The molecule has 0 bridgehead atoms. The summed E-state index contributed by atoms with van der Waals surface area (Å²) >= 11 is 0. The highest BCUT2D eigenvalue weighted by molar-refractivity contribution is 5.68. The molecular weight excluding hydrogens is 280 g/mol. The van der Waals surface area contributed by atoms with Gasteiger partial charge in [-0.15, -0.1) is 0 Å². The van der Waals surface area contributed by atoms with Crippen molar-refractivity contribution in [3.63, 3.8) is 0 Å². The van der Waals surface area contributed by atoms with E-state index in [1.807, 2.05) is 26.8 Å². The quantitative estimate of drug-likeness (QED) is 0.840. The predicted molar refractivity (Wildman–Crippen MR) is 82.6 cm³/mol. The maximum absolute atomic E-state index is 12.1. The SMILES string of the molecule is CC(C)(C)OC(=O)N1CCCC(Oc2ccccc2C#N)C1. The van der Waals surface area contributed by atoms with Gasteiger partial charge in [0, 0.05) is 6.54 Å². The Balaban J connectivity index is 1.99. The van der Waals surface area contributed by atoms with E-state index in [9.17, 15) is 4.79 Å². The van der Waals surface area contributed by atoms with Crippen molar-refractivity contribution in [2.75, 3.05) is 13.1 Å². The number of carbonyl (C=O) groups is 1. The van der Waals surface area contributed by atoms with Gasteiger partial charge in [-0.1, -0.05) is 12.1 Å². The number of piperidine rings is 1. The van der Waals surface area contributed by atoms with E-state index in [1.54, 1.807) is 23.1 Å². The van der Waals surface area contributed by atoms with Gasteiger partial charge in [-0.25, -0.2) is 4.79 Å². The Kier molecular flexibility index (Phi) is 4.92. The summed E-state index contributed by atoms with van der Waals surface area (Å²) in [6.45, 7) is 6.72. The van der Waals surface area contributed by atoms with Crippen molar-refractivity contribution in [2.45, 2.75) is 45.3 Å². The molecule has 5 heteroatoms. The highest BCUT2D eigenvalue weighted by Crippen LogP contribution is 2.23. The molecule has 5 nitrogen and oxygen atoms in total. The number of hydrogen-bond acceptors (Lipinski definition) is 4. The third-order valence-electron chi connectivity index (χ3n) is 3.33. The summed E-state index contributed by atoms with van der Waals surface area (Å²) in [5.41, 5.74) is 0.00932. The summed E-state index contributed by atoms with van der Waals surface area (Å²) < 4.78 is 11.3. The molecular formula is C17H22N2O3. The number of nitrogens with zero attached hydrogens (tertiary/aromatic N) is 2. The molecule has 2 rings (SSSR count). The Hall–Kier alpha value is -2.22. The second-order valence-corrected chi connectivity index (χ2v) is 6.42. The molecule has 0 N–H and O–H groups in total. The van der Waals surface area contributed by atoms with Crippen LogP contribution in [0.4, 0.5) is 4.79 Å². The fraction of sp³-hybridized carbons (Fsp3) is 0.529. The first-order valence-corrected chi connectivity index (χ1v) is 7.53. The summed E-state index contributed by atoms with van der Waals surface area (Å²) in [5, 5.41) is 9.10. The average molecular weight is 302 g/mol. The number of rotatable bonds is 2. The Morgan fingerprint density at radius 1 is 1.36 bits per heavy atom. The zero-order valence-corrected chi connectivity index (χ0v) is 13.3. The number of ether oxygens (including phenoxy) is 2. The lowest BCUT2D eigenvalue weighted by Crippen LogP contribution is -2.46. The topological polar surface area (TPSA) is 62.6 Å². The smallest absolute Gasteiger partial charge is 0.410 e.